The second kappa shape index (κ2) is 8.26. The highest BCUT2D eigenvalue weighted by atomic mass is 79.9. The van der Waals surface area contributed by atoms with Crippen molar-refractivity contribution in [3.63, 3.8) is 0 Å². The molecule has 3 atom stereocenters. The monoisotopic (exact) mass is 523 g/mol. The molecular weight excluding hydrogens is 502 g/mol. The number of aromatic hydroxyl groups is 1. The van der Waals surface area contributed by atoms with Gasteiger partial charge in [0.25, 0.3) is 0 Å². The first-order chi connectivity index (χ1) is 13.9. The number of hydrogen-bond acceptors (Lipinski definition) is 4. The second-order valence-corrected chi connectivity index (χ2v) is 9.34. The van der Waals surface area contributed by atoms with Crippen LogP contribution in [0.4, 0.5) is 0 Å². The van der Waals surface area contributed by atoms with Crippen LogP contribution in [0.5, 0.6) is 5.75 Å². The van der Waals surface area contributed by atoms with Crippen LogP contribution in [0.3, 0.4) is 0 Å². The molecule has 0 spiro atoms. The van der Waals surface area contributed by atoms with Crippen molar-refractivity contribution in [1.29, 1.82) is 0 Å². The molecule has 3 unspecified atom stereocenters. The summed E-state index contributed by atoms with van der Waals surface area (Å²) in [6.45, 7) is 2.63. The van der Waals surface area contributed by atoms with Gasteiger partial charge in [0.15, 0.2) is 0 Å². The van der Waals surface area contributed by atoms with Gasteiger partial charge in [-0.15, -0.1) is 0 Å². The van der Waals surface area contributed by atoms with Crippen LogP contribution < -0.4 is 11.0 Å². The van der Waals surface area contributed by atoms with E-state index in [-0.39, 0.29) is 23.5 Å². The molecule has 0 amide bonds. The molecule has 154 valence electrons. The number of aromatic amines is 1. The minimum absolute atomic E-state index is 0.120. The molecule has 2 heterocycles. The molecule has 0 bridgehead atoms. The van der Waals surface area contributed by atoms with Crippen molar-refractivity contribution in [2.24, 2.45) is 0 Å². The highest BCUT2D eigenvalue weighted by Crippen LogP contribution is 2.35. The first-order valence-electron chi connectivity index (χ1n) is 9.68. The predicted octanol–water partition coefficient (Wildman–Crippen LogP) is 3.98. The van der Waals surface area contributed by atoms with Crippen LogP contribution in [0.15, 0.2) is 44.1 Å². The molecule has 29 heavy (non-hydrogen) atoms. The number of imidazole rings is 1. The molecule has 1 aromatic heterocycles. The van der Waals surface area contributed by atoms with Crippen molar-refractivity contribution in [3.05, 3.63) is 60.9 Å². The Morgan fingerprint density at radius 2 is 2.03 bits per heavy atom. The lowest BCUT2D eigenvalue weighted by molar-refractivity contribution is 0.119. The number of rotatable bonds is 5. The quantitative estimate of drug-likeness (QED) is 0.406. The summed E-state index contributed by atoms with van der Waals surface area (Å²) >= 11 is 6.87. The average molecular weight is 525 g/mol. The third-order valence-electron chi connectivity index (χ3n) is 5.69. The second-order valence-electron chi connectivity index (χ2n) is 7.63. The van der Waals surface area contributed by atoms with E-state index in [1.165, 1.54) is 0 Å². The largest absolute Gasteiger partial charge is 0.506 e. The van der Waals surface area contributed by atoms with E-state index in [1.54, 1.807) is 4.57 Å². The number of H-pyrrole nitrogens is 1. The van der Waals surface area contributed by atoms with Gasteiger partial charge in [-0.05, 0) is 60.3 Å². The molecule has 0 radical (unpaired) electrons. The number of phenols is 1. The van der Waals surface area contributed by atoms with Gasteiger partial charge < -0.3 is 20.5 Å². The third-order valence-corrected chi connectivity index (χ3v) is 7.07. The maximum Gasteiger partial charge on any atom is 0.326 e. The number of nitrogens with zero attached hydrogens (tertiary/aromatic N) is 1. The van der Waals surface area contributed by atoms with Crippen molar-refractivity contribution in [3.8, 4) is 5.75 Å². The Labute approximate surface area is 185 Å². The Balaban J connectivity index is 1.49. The number of aliphatic hydroxyl groups excluding tert-OH is 1. The van der Waals surface area contributed by atoms with Gasteiger partial charge in [-0.3, -0.25) is 4.57 Å². The van der Waals surface area contributed by atoms with Crippen LogP contribution in [-0.2, 0) is 13.0 Å². The van der Waals surface area contributed by atoms with E-state index in [1.807, 2.05) is 30.3 Å². The van der Waals surface area contributed by atoms with Crippen LogP contribution in [0, 0.1) is 0 Å². The highest BCUT2D eigenvalue weighted by molar-refractivity contribution is 9.11. The first-order valence-corrected chi connectivity index (χ1v) is 11.3. The fourth-order valence-corrected chi connectivity index (χ4v) is 5.04. The van der Waals surface area contributed by atoms with Crippen LogP contribution >= 0.6 is 31.9 Å². The van der Waals surface area contributed by atoms with Gasteiger partial charge in [0, 0.05) is 34.2 Å². The molecule has 4 rings (SSSR count). The van der Waals surface area contributed by atoms with E-state index >= 15 is 0 Å². The van der Waals surface area contributed by atoms with Crippen molar-refractivity contribution in [2.45, 2.75) is 50.9 Å². The molecule has 0 fully saturated rings. The Morgan fingerprint density at radius 3 is 2.83 bits per heavy atom. The molecule has 6 nitrogen and oxygen atoms in total. The number of nitrogens with one attached hydrogen (secondary N) is 2. The number of aromatic nitrogens is 2. The maximum atomic E-state index is 12.3. The molecule has 3 aromatic rings. The highest BCUT2D eigenvalue weighted by Gasteiger charge is 2.29. The standard InChI is InChI=1S/C21H23Br2N3O3/c1-11(5-6-12-14(22)7-8-15(23)19(12)27)24-17-9-10-26-18-13(20(17)28)3-2-4-16(18)25-21(26)29/h2-4,7-8,11,17,20,24,27-28H,5-6,9-10H2,1H3,(H,25,29). The zero-order valence-corrected chi connectivity index (χ0v) is 19.1. The fourth-order valence-electron chi connectivity index (χ4n) is 4.15. The van der Waals surface area contributed by atoms with Crippen LogP contribution in [0.2, 0.25) is 0 Å². The lowest BCUT2D eigenvalue weighted by atomic mass is 9.98. The van der Waals surface area contributed by atoms with Gasteiger partial charge in [0.2, 0.25) is 0 Å². The topological polar surface area (TPSA) is 90.3 Å². The molecule has 8 heteroatoms. The fraction of sp³-hybridized carbons (Fsp3) is 0.381. The van der Waals surface area contributed by atoms with E-state index < -0.39 is 6.10 Å². The van der Waals surface area contributed by atoms with Crippen molar-refractivity contribution >= 4 is 42.9 Å². The molecule has 0 saturated carbocycles. The Kier molecular flexibility index (Phi) is 5.88. The van der Waals surface area contributed by atoms with Crippen LogP contribution in [0.25, 0.3) is 11.0 Å². The summed E-state index contributed by atoms with van der Waals surface area (Å²) in [6.07, 6.45) is 1.44. The van der Waals surface area contributed by atoms with Crippen LogP contribution in [-0.4, -0.2) is 31.8 Å². The number of halogens is 2. The van der Waals surface area contributed by atoms with E-state index in [4.69, 9.17) is 0 Å². The summed E-state index contributed by atoms with van der Waals surface area (Å²) in [5, 5.41) is 24.9. The lowest BCUT2D eigenvalue weighted by Gasteiger charge is -2.27. The van der Waals surface area contributed by atoms with E-state index in [9.17, 15) is 15.0 Å². The minimum atomic E-state index is -0.698. The molecule has 0 saturated heterocycles. The summed E-state index contributed by atoms with van der Waals surface area (Å²) in [5.41, 5.74) is 3.06. The normalized spacial score (nSPS) is 20.0. The van der Waals surface area contributed by atoms with Gasteiger partial charge in [0.1, 0.15) is 5.75 Å². The Morgan fingerprint density at radius 1 is 1.28 bits per heavy atom. The number of aryl methyl sites for hydroxylation is 1. The summed E-state index contributed by atoms with van der Waals surface area (Å²) in [4.78, 5) is 15.1. The van der Waals surface area contributed by atoms with E-state index in [0.29, 0.717) is 23.9 Å². The third kappa shape index (κ3) is 3.91. The van der Waals surface area contributed by atoms with Gasteiger partial charge in [-0.25, -0.2) is 4.79 Å². The molecule has 4 N–H and O–H groups in total. The lowest BCUT2D eigenvalue weighted by Crippen LogP contribution is -2.41. The zero-order valence-electron chi connectivity index (χ0n) is 16.0. The SMILES string of the molecule is CC(CCc1c(Br)ccc(Br)c1O)NC1CCn2c(=O)[nH]c3cccc(c32)C1O. The van der Waals surface area contributed by atoms with Crippen molar-refractivity contribution in [1.82, 2.24) is 14.9 Å². The molecule has 1 aliphatic heterocycles. The maximum absolute atomic E-state index is 12.3. The van der Waals surface area contributed by atoms with E-state index in [2.05, 4.69) is 49.1 Å². The van der Waals surface area contributed by atoms with E-state index in [0.717, 1.165) is 33.1 Å². The summed E-state index contributed by atoms with van der Waals surface area (Å²) < 4.78 is 3.28. The number of benzene rings is 2. The van der Waals surface area contributed by atoms with Crippen molar-refractivity contribution in [2.75, 3.05) is 0 Å². The summed E-state index contributed by atoms with van der Waals surface area (Å²) in [7, 11) is 0. The zero-order chi connectivity index (χ0) is 20.7. The molecule has 2 aromatic carbocycles. The predicted molar refractivity (Wildman–Crippen MR) is 120 cm³/mol. The molecule has 0 aliphatic carbocycles. The number of hydrogen-bond donors (Lipinski definition) is 4. The average Bonchev–Trinajstić information content (AvgIpc) is 2.94. The van der Waals surface area contributed by atoms with Crippen molar-refractivity contribution < 1.29 is 10.2 Å². The molecular formula is C21H23Br2N3O3. The Bertz CT molecular complexity index is 1110. The summed E-state index contributed by atoms with van der Waals surface area (Å²) in [6, 6.07) is 9.30. The number of para-hydroxylation sites is 1. The van der Waals surface area contributed by atoms with Gasteiger partial charge >= 0.3 is 5.69 Å². The number of aliphatic hydroxyl groups is 1. The minimum Gasteiger partial charge on any atom is -0.506 e. The number of phenolic OH excluding ortho intramolecular Hbond substituents is 1. The summed E-state index contributed by atoms with van der Waals surface area (Å²) in [5.74, 6) is 0.256. The molecule has 1 aliphatic rings. The van der Waals surface area contributed by atoms with Crippen LogP contribution in [0.1, 0.15) is 37.0 Å². The first kappa shape index (κ1) is 20.7. The smallest absolute Gasteiger partial charge is 0.326 e. The Hall–Kier alpha value is -1.61. The van der Waals surface area contributed by atoms with Gasteiger partial charge in [0.05, 0.1) is 21.6 Å². The van der Waals surface area contributed by atoms with Gasteiger partial charge in [-0.1, -0.05) is 28.1 Å². The van der Waals surface area contributed by atoms with Gasteiger partial charge in [-0.2, -0.15) is 0 Å².